The number of nitrogens with one attached hydrogen (secondary N) is 2. The Morgan fingerprint density at radius 2 is 1.84 bits per heavy atom. The number of hydrogen-bond donors (Lipinski definition) is 3. The molecule has 10 heteroatoms. The molecule has 0 aromatic heterocycles. The standard InChI is InChI=1S/C21H35N3O5S2/c1-20(2,3)15(23-19(28)29-6)17(26)24-10-11-13(21(11,4)5)14(24)16(25)22-12(18(27)30)8-9-31-7/h11-15H,8-10H2,1-7H3,(H,22,25)(H,23,28)(H,27,30)/t11-,12-,13-,14-,15+/m0/s1. The fourth-order valence-corrected chi connectivity index (χ4v) is 5.22. The van der Waals surface area contributed by atoms with Crippen molar-refractivity contribution in [1.29, 1.82) is 0 Å². The molecule has 0 spiro atoms. The molecule has 2 fully saturated rings. The van der Waals surface area contributed by atoms with E-state index in [-0.39, 0.29) is 29.1 Å². The maximum Gasteiger partial charge on any atom is 0.407 e. The fraction of sp³-hybridized carbons (Fsp3) is 0.810. The van der Waals surface area contributed by atoms with Gasteiger partial charge in [0, 0.05) is 6.54 Å². The van der Waals surface area contributed by atoms with Crippen molar-refractivity contribution in [2.24, 2.45) is 22.7 Å². The summed E-state index contributed by atoms with van der Waals surface area (Å²) in [6.45, 7) is 10.2. The molecule has 1 saturated carbocycles. The third-order valence-corrected chi connectivity index (χ3v) is 7.50. The number of thiol groups is 1. The number of amides is 3. The molecule has 1 aliphatic carbocycles. The van der Waals surface area contributed by atoms with Crippen LogP contribution in [0.2, 0.25) is 0 Å². The first kappa shape index (κ1) is 25.8. The molecule has 0 aromatic carbocycles. The molecule has 2 N–H and O–H groups in total. The summed E-state index contributed by atoms with van der Waals surface area (Å²) in [5, 5.41) is 5.05. The quantitative estimate of drug-likeness (QED) is 0.466. The van der Waals surface area contributed by atoms with E-state index in [0.29, 0.717) is 18.7 Å². The van der Waals surface area contributed by atoms with Crippen molar-refractivity contribution in [2.45, 2.75) is 59.2 Å². The summed E-state index contributed by atoms with van der Waals surface area (Å²) in [5.74, 6) is 0.246. The van der Waals surface area contributed by atoms with Gasteiger partial charge in [0.05, 0.1) is 13.2 Å². The van der Waals surface area contributed by atoms with Crippen LogP contribution in [0.25, 0.3) is 0 Å². The number of ether oxygens (including phenoxy) is 1. The lowest BCUT2D eigenvalue weighted by Crippen LogP contribution is -2.60. The molecular weight excluding hydrogens is 438 g/mol. The van der Waals surface area contributed by atoms with E-state index in [1.54, 1.807) is 16.7 Å². The van der Waals surface area contributed by atoms with Crippen LogP contribution in [0, 0.1) is 22.7 Å². The van der Waals surface area contributed by atoms with E-state index in [1.807, 2.05) is 27.0 Å². The molecule has 0 unspecified atom stereocenters. The topological polar surface area (TPSA) is 105 Å². The first-order chi connectivity index (χ1) is 14.3. The molecule has 0 radical (unpaired) electrons. The number of fused-ring (bicyclic) bond motifs is 1. The van der Waals surface area contributed by atoms with Gasteiger partial charge in [-0.3, -0.25) is 14.4 Å². The molecule has 1 aliphatic heterocycles. The van der Waals surface area contributed by atoms with Gasteiger partial charge in [-0.1, -0.05) is 34.6 Å². The lowest BCUT2D eigenvalue weighted by molar-refractivity contribution is -0.144. The third-order valence-electron chi connectivity index (χ3n) is 6.55. The zero-order valence-corrected chi connectivity index (χ0v) is 21.1. The zero-order valence-electron chi connectivity index (χ0n) is 19.4. The highest BCUT2D eigenvalue weighted by Crippen LogP contribution is 2.65. The van der Waals surface area contributed by atoms with E-state index in [4.69, 9.17) is 4.74 Å². The van der Waals surface area contributed by atoms with Crippen LogP contribution in [-0.4, -0.2) is 71.7 Å². The van der Waals surface area contributed by atoms with Crippen LogP contribution >= 0.6 is 24.4 Å². The normalized spacial score (nSPS) is 25.8. The summed E-state index contributed by atoms with van der Waals surface area (Å²) in [7, 11) is 1.24. The lowest BCUT2D eigenvalue weighted by Gasteiger charge is -2.37. The van der Waals surface area contributed by atoms with Crippen molar-refractivity contribution < 1.29 is 23.9 Å². The third kappa shape index (κ3) is 5.50. The van der Waals surface area contributed by atoms with Gasteiger partial charge in [-0.15, -0.1) is 12.6 Å². The highest BCUT2D eigenvalue weighted by molar-refractivity contribution is 7.98. The highest BCUT2D eigenvalue weighted by atomic mass is 32.2. The van der Waals surface area contributed by atoms with Crippen molar-refractivity contribution in [3.63, 3.8) is 0 Å². The summed E-state index contributed by atoms with van der Waals surface area (Å²) in [5.41, 5.74) is -0.651. The number of alkyl carbamates (subject to hydrolysis) is 1. The molecule has 5 atom stereocenters. The molecule has 176 valence electrons. The summed E-state index contributed by atoms with van der Waals surface area (Å²) in [6, 6.07) is -2.25. The molecule has 1 saturated heterocycles. The molecule has 2 rings (SSSR count). The van der Waals surface area contributed by atoms with Gasteiger partial charge in [0.15, 0.2) is 0 Å². The second kappa shape index (κ2) is 9.60. The Bertz CT molecular complexity index is 737. The molecule has 3 amide bonds. The number of thioether (sulfide) groups is 1. The summed E-state index contributed by atoms with van der Waals surface area (Å²) in [4.78, 5) is 52.2. The van der Waals surface area contributed by atoms with Gasteiger partial charge in [-0.2, -0.15) is 11.8 Å². The van der Waals surface area contributed by atoms with Gasteiger partial charge < -0.3 is 20.3 Å². The predicted octanol–water partition coefficient (Wildman–Crippen LogP) is 1.93. The monoisotopic (exact) mass is 473 g/mol. The number of nitrogens with zero attached hydrogens (tertiary/aromatic N) is 1. The molecule has 31 heavy (non-hydrogen) atoms. The number of hydrogen-bond acceptors (Lipinski definition) is 6. The van der Waals surface area contributed by atoms with Crippen LogP contribution < -0.4 is 10.6 Å². The van der Waals surface area contributed by atoms with Crippen LogP contribution in [0.3, 0.4) is 0 Å². The summed E-state index contributed by atoms with van der Waals surface area (Å²) < 4.78 is 4.69. The van der Waals surface area contributed by atoms with Crippen molar-refractivity contribution in [3.05, 3.63) is 0 Å². The SMILES string of the molecule is COC(=O)N[C@H](C(=O)N1C[C@H]2[C@@H]([C@H]1C(=O)N[C@@H](CCSC)C(=O)S)C2(C)C)C(C)(C)C. The first-order valence-electron chi connectivity index (χ1n) is 10.4. The molecule has 0 bridgehead atoms. The maximum absolute atomic E-state index is 13.5. The van der Waals surface area contributed by atoms with E-state index in [9.17, 15) is 19.2 Å². The van der Waals surface area contributed by atoms with Crippen molar-refractivity contribution in [2.75, 3.05) is 25.7 Å². The van der Waals surface area contributed by atoms with Crippen LogP contribution in [0.1, 0.15) is 41.0 Å². The van der Waals surface area contributed by atoms with Gasteiger partial charge in [-0.25, -0.2) is 4.79 Å². The number of carbonyl (C=O) groups is 4. The van der Waals surface area contributed by atoms with E-state index in [1.165, 1.54) is 7.11 Å². The Balaban J connectivity index is 2.27. The number of carbonyl (C=O) groups excluding carboxylic acids is 4. The average molecular weight is 474 g/mol. The zero-order chi connectivity index (χ0) is 23.7. The molecule has 2 aliphatic rings. The van der Waals surface area contributed by atoms with Crippen molar-refractivity contribution in [1.82, 2.24) is 15.5 Å². The molecular formula is C21H35N3O5S2. The Labute approximate surface area is 194 Å². The Hall–Kier alpha value is -1.42. The van der Waals surface area contributed by atoms with E-state index >= 15 is 0 Å². The van der Waals surface area contributed by atoms with E-state index in [2.05, 4.69) is 37.1 Å². The number of rotatable bonds is 8. The van der Waals surface area contributed by atoms with Crippen LogP contribution in [-0.2, 0) is 19.1 Å². The molecule has 8 nitrogen and oxygen atoms in total. The minimum atomic E-state index is -0.852. The minimum Gasteiger partial charge on any atom is -0.453 e. The second-order valence-electron chi connectivity index (χ2n) is 10.0. The maximum atomic E-state index is 13.5. The largest absolute Gasteiger partial charge is 0.453 e. The Morgan fingerprint density at radius 3 is 2.32 bits per heavy atom. The highest BCUT2D eigenvalue weighted by Gasteiger charge is 2.69. The van der Waals surface area contributed by atoms with Crippen molar-refractivity contribution in [3.8, 4) is 0 Å². The molecule has 0 aromatic rings. The van der Waals surface area contributed by atoms with Gasteiger partial charge in [0.2, 0.25) is 16.9 Å². The van der Waals surface area contributed by atoms with Gasteiger partial charge >= 0.3 is 6.09 Å². The second-order valence-corrected chi connectivity index (χ2v) is 11.4. The Kier molecular flexibility index (Phi) is 8.00. The average Bonchev–Trinajstić information content (AvgIpc) is 3.03. The Morgan fingerprint density at radius 1 is 1.23 bits per heavy atom. The summed E-state index contributed by atoms with van der Waals surface area (Å²) in [6.07, 6.45) is 1.70. The smallest absolute Gasteiger partial charge is 0.407 e. The fourth-order valence-electron chi connectivity index (χ4n) is 4.55. The first-order valence-corrected chi connectivity index (χ1v) is 12.3. The van der Waals surface area contributed by atoms with Crippen molar-refractivity contribution >= 4 is 47.4 Å². The van der Waals surface area contributed by atoms with Crippen LogP contribution in [0.5, 0.6) is 0 Å². The van der Waals surface area contributed by atoms with E-state index in [0.717, 1.165) is 0 Å². The number of piperidine rings is 1. The van der Waals surface area contributed by atoms with E-state index < -0.39 is 34.7 Å². The number of likely N-dealkylation sites (tertiary alicyclic amines) is 1. The van der Waals surface area contributed by atoms with Gasteiger partial charge in [0.1, 0.15) is 12.1 Å². The lowest BCUT2D eigenvalue weighted by atomic mass is 9.85. The number of methoxy groups -OCH3 is 1. The van der Waals surface area contributed by atoms with Crippen LogP contribution in [0.15, 0.2) is 0 Å². The van der Waals surface area contributed by atoms with Gasteiger partial charge in [0.25, 0.3) is 0 Å². The predicted molar refractivity (Wildman–Crippen MR) is 124 cm³/mol. The molecule has 1 heterocycles. The minimum absolute atomic E-state index is 0.00594. The van der Waals surface area contributed by atoms with Gasteiger partial charge in [-0.05, 0) is 41.1 Å². The van der Waals surface area contributed by atoms with Crippen LogP contribution in [0.4, 0.5) is 4.79 Å². The summed E-state index contributed by atoms with van der Waals surface area (Å²) >= 11 is 5.51.